The van der Waals surface area contributed by atoms with E-state index in [0.717, 1.165) is 35.6 Å². The van der Waals surface area contributed by atoms with Crippen LogP contribution in [0.2, 0.25) is 20.1 Å². The highest BCUT2D eigenvalue weighted by Gasteiger charge is 2.36. The molecule has 1 N–H and O–H groups in total. The first kappa shape index (κ1) is 35.0. The summed E-state index contributed by atoms with van der Waals surface area (Å²) >= 11 is 25.5. The van der Waals surface area contributed by atoms with Crippen LogP contribution >= 0.6 is 46.4 Å². The number of nitrogens with zero attached hydrogens (tertiary/aromatic N) is 2. The third-order valence-electron chi connectivity index (χ3n) is 8.14. The van der Waals surface area contributed by atoms with Crippen molar-refractivity contribution in [3.8, 4) is 0 Å². The van der Waals surface area contributed by atoms with Gasteiger partial charge < -0.3 is 10.2 Å². The molecule has 5 rings (SSSR count). The average Bonchev–Trinajstić information content (AvgIpc) is 3.56. The van der Waals surface area contributed by atoms with Crippen molar-refractivity contribution in [1.29, 1.82) is 0 Å². The second-order valence-electron chi connectivity index (χ2n) is 11.4. The summed E-state index contributed by atoms with van der Waals surface area (Å²) in [4.78, 5) is 30.1. The van der Waals surface area contributed by atoms with Crippen molar-refractivity contribution in [1.82, 2.24) is 10.2 Å². The Bertz CT molecular complexity index is 1800. The summed E-state index contributed by atoms with van der Waals surface area (Å²) in [5.74, 6) is -0.979. The van der Waals surface area contributed by atoms with Gasteiger partial charge in [0.05, 0.1) is 10.6 Å². The summed E-state index contributed by atoms with van der Waals surface area (Å²) in [5, 5.41) is 4.40. The van der Waals surface area contributed by atoms with E-state index in [9.17, 15) is 18.0 Å². The number of nitrogens with one attached hydrogen (secondary N) is 1. The fraction of sp³-hybridized carbons (Fsp3) is 0.257. The molecule has 1 aliphatic carbocycles. The Labute approximate surface area is 295 Å². The number of sulfonamides is 1. The molecule has 1 aliphatic rings. The van der Waals surface area contributed by atoms with Crippen molar-refractivity contribution in [2.24, 2.45) is 0 Å². The number of carbonyl (C=O) groups is 2. The van der Waals surface area contributed by atoms with E-state index < -0.39 is 28.5 Å². The lowest BCUT2D eigenvalue weighted by Crippen LogP contribution is -2.54. The number of hydrogen-bond donors (Lipinski definition) is 1. The molecule has 7 nitrogen and oxygen atoms in total. The van der Waals surface area contributed by atoms with Gasteiger partial charge in [-0.25, -0.2) is 8.42 Å². The molecule has 0 aliphatic heterocycles. The molecule has 0 aromatic heterocycles. The average molecular weight is 734 g/mol. The van der Waals surface area contributed by atoms with Gasteiger partial charge in [0.1, 0.15) is 12.6 Å². The Morgan fingerprint density at radius 2 is 1.43 bits per heavy atom. The highest BCUT2D eigenvalue weighted by Crippen LogP contribution is 2.30. The van der Waals surface area contributed by atoms with Crippen molar-refractivity contribution in [2.45, 2.75) is 55.6 Å². The number of halogens is 4. The first-order valence-electron chi connectivity index (χ1n) is 15.1. The minimum absolute atomic E-state index is 0.0186. The molecule has 12 heteroatoms. The Morgan fingerprint density at radius 1 is 0.787 bits per heavy atom. The molecule has 1 fully saturated rings. The second kappa shape index (κ2) is 15.8. The largest absolute Gasteiger partial charge is 0.352 e. The smallest absolute Gasteiger partial charge is 0.264 e. The van der Waals surface area contributed by atoms with Crippen molar-refractivity contribution < 1.29 is 18.0 Å². The van der Waals surface area contributed by atoms with Crippen LogP contribution in [-0.4, -0.2) is 43.8 Å². The lowest BCUT2D eigenvalue weighted by Gasteiger charge is -2.34. The highest BCUT2D eigenvalue weighted by molar-refractivity contribution is 7.92. The Balaban J connectivity index is 1.59. The Kier molecular flexibility index (Phi) is 11.7. The third-order valence-corrected chi connectivity index (χ3v) is 11.1. The summed E-state index contributed by atoms with van der Waals surface area (Å²) < 4.78 is 29.3. The van der Waals surface area contributed by atoms with Gasteiger partial charge in [-0.2, -0.15) is 0 Å². The van der Waals surface area contributed by atoms with E-state index in [2.05, 4.69) is 5.32 Å². The molecule has 0 spiro atoms. The van der Waals surface area contributed by atoms with Gasteiger partial charge in [-0.15, -0.1) is 0 Å². The fourth-order valence-corrected chi connectivity index (χ4v) is 7.90. The van der Waals surface area contributed by atoms with Gasteiger partial charge in [0, 0.05) is 44.7 Å². The van der Waals surface area contributed by atoms with Crippen LogP contribution in [0.25, 0.3) is 0 Å². The van der Waals surface area contributed by atoms with Crippen LogP contribution in [0, 0.1) is 0 Å². The number of amides is 2. The van der Waals surface area contributed by atoms with E-state index in [-0.39, 0.29) is 40.5 Å². The number of rotatable bonds is 12. The molecule has 1 atom stereocenters. The summed E-state index contributed by atoms with van der Waals surface area (Å²) in [6, 6.07) is 25.2. The first-order valence-corrected chi connectivity index (χ1v) is 18.1. The van der Waals surface area contributed by atoms with Crippen LogP contribution in [0.4, 0.5) is 5.69 Å². The molecule has 1 saturated carbocycles. The topological polar surface area (TPSA) is 86.8 Å². The molecular formula is C35H33Cl4N3O4S. The molecule has 0 radical (unpaired) electrons. The fourth-order valence-electron chi connectivity index (χ4n) is 5.67. The van der Waals surface area contributed by atoms with Crippen LogP contribution < -0.4 is 9.62 Å². The third kappa shape index (κ3) is 8.80. The molecule has 246 valence electrons. The number of carbonyl (C=O) groups excluding carboxylic acids is 2. The van der Waals surface area contributed by atoms with E-state index in [1.807, 2.05) is 30.3 Å². The van der Waals surface area contributed by atoms with Crippen molar-refractivity contribution in [3.05, 3.63) is 128 Å². The minimum atomic E-state index is -4.31. The molecule has 4 aromatic carbocycles. The maximum absolute atomic E-state index is 14.6. The highest BCUT2D eigenvalue weighted by atomic mass is 35.5. The molecule has 4 aromatic rings. The lowest BCUT2D eigenvalue weighted by atomic mass is 10.0. The van der Waals surface area contributed by atoms with Crippen LogP contribution in [0.3, 0.4) is 0 Å². The van der Waals surface area contributed by atoms with Gasteiger partial charge >= 0.3 is 0 Å². The summed E-state index contributed by atoms with van der Waals surface area (Å²) in [6.45, 7) is -0.785. The Hall–Kier alpha value is -3.27. The SMILES string of the molecule is O=C(NC1CCCC1)[C@@H](Cc1ccccc1)N(Cc1c(Cl)cccc1Cl)C(=O)CN(c1cccc(Cl)c1)S(=O)(=O)c1ccc(Cl)cc1. The van der Waals surface area contributed by atoms with E-state index >= 15 is 0 Å². The number of hydrogen-bond acceptors (Lipinski definition) is 4. The normalized spacial score (nSPS) is 14.0. The molecule has 0 heterocycles. The second-order valence-corrected chi connectivity index (χ2v) is 14.9. The van der Waals surface area contributed by atoms with Crippen LogP contribution in [0.5, 0.6) is 0 Å². The first-order chi connectivity index (χ1) is 22.5. The van der Waals surface area contributed by atoms with Crippen molar-refractivity contribution in [2.75, 3.05) is 10.8 Å². The number of anilines is 1. The number of benzene rings is 4. The van der Waals surface area contributed by atoms with E-state index in [0.29, 0.717) is 20.6 Å². The maximum atomic E-state index is 14.6. The molecular weight excluding hydrogens is 700 g/mol. The Morgan fingerprint density at radius 3 is 2.06 bits per heavy atom. The van der Waals surface area contributed by atoms with Crippen LogP contribution in [0.1, 0.15) is 36.8 Å². The predicted octanol–water partition coefficient (Wildman–Crippen LogP) is 8.19. The van der Waals surface area contributed by atoms with Gasteiger partial charge in [0.2, 0.25) is 11.8 Å². The summed E-state index contributed by atoms with van der Waals surface area (Å²) in [7, 11) is -4.31. The zero-order chi connectivity index (χ0) is 33.6. The zero-order valence-corrected chi connectivity index (χ0v) is 29.1. The van der Waals surface area contributed by atoms with Crippen LogP contribution in [0.15, 0.2) is 102 Å². The zero-order valence-electron chi connectivity index (χ0n) is 25.3. The lowest BCUT2D eigenvalue weighted by molar-refractivity contribution is -0.140. The monoisotopic (exact) mass is 731 g/mol. The summed E-state index contributed by atoms with van der Waals surface area (Å²) in [5.41, 5.74) is 1.43. The molecule has 0 saturated heterocycles. The van der Waals surface area contributed by atoms with E-state index in [4.69, 9.17) is 46.4 Å². The molecule has 0 bridgehead atoms. The predicted molar refractivity (Wildman–Crippen MR) is 189 cm³/mol. The summed E-state index contributed by atoms with van der Waals surface area (Å²) in [6.07, 6.45) is 3.87. The van der Waals surface area contributed by atoms with Gasteiger partial charge in [-0.05, 0) is 73.0 Å². The molecule has 47 heavy (non-hydrogen) atoms. The molecule has 0 unspecified atom stereocenters. The van der Waals surface area contributed by atoms with Gasteiger partial charge in [-0.1, -0.05) is 102 Å². The van der Waals surface area contributed by atoms with Crippen molar-refractivity contribution >= 4 is 73.9 Å². The van der Waals surface area contributed by atoms with Gasteiger partial charge in [0.25, 0.3) is 10.0 Å². The van der Waals surface area contributed by atoms with Gasteiger partial charge in [-0.3, -0.25) is 13.9 Å². The van der Waals surface area contributed by atoms with E-state index in [1.54, 1.807) is 36.4 Å². The van der Waals surface area contributed by atoms with Gasteiger partial charge in [0.15, 0.2) is 0 Å². The van der Waals surface area contributed by atoms with E-state index in [1.165, 1.54) is 35.2 Å². The maximum Gasteiger partial charge on any atom is 0.264 e. The standard InChI is InChI=1S/C35H33Cl4N3O4S/c36-25-16-18-29(19-17-25)47(45,46)42(28-13-6-10-26(37)21-28)23-34(43)41(22-30-31(38)14-7-15-32(30)39)33(20-24-8-2-1-3-9-24)35(44)40-27-11-4-5-12-27/h1-3,6-10,13-19,21,27,33H,4-5,11-12,20,22-23H2,(H,40,44)/t33-/m1/s1. The minimum Gasteiger partial charge on any atom is -0.352 e. The molecule has 2 amide bonds. The quantitative estimate of drug-likeness (QED) is 0.159. The van der Waals surface area contributed by atoms with Crippen LogP contribution in [-0.2, 0) is 32.6 Å². The van der Waals surface area contributed by atoms with Crippen molar-refractivity contribution in [3.63, 3.8) is 0 Å².